The average Bonchev–Trinajstić information content (AvgIpc) is 2.79. The normalized spacial score (nSPS) is 18.1. The predicted octanol–water partition coefficient (Wildman–Crippen LogP) is 2.46. The Hall–Kier alpha value is -2.71. The second kappa shape index (κ2) is 8.43. The van der Waals surface area contributed by atoms with Crippen molar-refractivity contribution in [2.24, 2.45) is 0 Å². The first-order chi connectivity index (χ1) is 15.0. The van der Waals surface area contributed by atoms with Crippen LogP contribution >= 0.6 is 11.6 Å². The highest BCUT2D eigenvalue weighted by molar-refractivity contribution is 6.31. The third kappa shape index (κ3) is 4.36. The number of aromatic nitrogens is 4. The molecule has 8 nitrogen and oxygen atoms in total. The number of fused-ring (bicyclic) bond motifs is 1. The molecule has 0 spiro atoms. The smallest absolute Gasteiger partial charge is 0.227 e. The summed E-state index contributed by atoms with van der Waals surface area (Å²) >= 11 is 6.06. The van der Waals surface area contributed by atoms with E-state index in [9.17, 15) is 0 Å². The number of halogens is 1. The van der Waals surface area contributed by atoms with E-state index in [-0.39, 0.29) is 0 Å². The van der Waals surface area contributed by atoms with Crippen LogP contribution in [0, 0.1) is 6.92 Å². The summed E-state index contributed by atoms with van der Waals surface area (Å²) in [5.74, 6) is 2.77. The maximum absolute atomic E-state index is 6.06. The fourth-order valence-electron chi connectivity index (χ4n) is 4.14. The summed E-state index contributed by atoms with van der Waals surface area (Å²) in [6.07, 6.45) is 1.84. The Morgan fingerprint density at radius 3 is 2.16 bits per heavy atom. The number of rotatable bonds is 3. The molecule has 0 atom stereocenters. The van der Waals surface area contributed by atoms with Crippen LogP contribution < -0.4 is 14.7 Å². The quantitative estimate of drug-likeness (QED) is 0.618. The van der Waals surface area contributed by atoms with Crippen molar-refractivity contribution in [1.29, 1.82) is 0 Å². The monoisotopic (exact) mass is 438 g/mol. The molecule has 0 amide bonds. The van der Waals surface area contributed by atoms with Crippen molar-refractivity contribution >= 4 is 40.2 Å². The number of nitrogens with zero attached hydrogens (tertiary/aromatic N) is 8. The lowest BCUT2D eigenvalue weighted by atomic mass is 10.2. The number of aryl methyl sites for hydroxylation is 1. The minimum Gasteiger partial charge on any atom is -0.353 e. The van der Waals surface area contributed by atoms with Gasteiger partial charge in [0.1, 0.15) is 11.6 Å². The van der Waals surface area contributed by atoms with Crippen molar-refractivity contribution in [3.63, 3.8) is 0 Å². The Bertz CT molecular complexity index is 1070. The second-order valence-corrected chi connectivity index (χ2v) is 8.73. The van der Waals surface area contributed by atoms with Crippen LogP contribution in [-0.2, 0) is 0 Å². The van der Waals surface area contributed by atoms with Gasteiger partial charge in [-0.05, 0) is 32.2 Å². The second-order valence-electron chi connectivity index (χ2n) is 8.29. The molecule has 1 aromatic carbocycles. The van der Waals surface area contributed by atoms with Gasteiger partial charge in [-0.3, -0.25) is 4.98 Å². The molecule has 2 fully saturated rings. The summed E-state index contributed by atoms with van der Waals surface area (Å²) in [6.45, 7) is 9.61. The van der Waals surface area contributed by atoms with Crippen LogP contribution in [-0.4, -0.2) is 84.2 Å². The SMILES string of the molecule is Cc1cc(N2CCN(c3cnc4cc(Cl)ccc4n3)CC2)nc(N2CCN(C)CC2)n1. The predicted molar refractivity (Wildman–Crippen MR) is 125 cm³/mol. The lowest BCUT2D eigenvalue weighted by Crippen LogP contribution is -2.48. The van der Waals surface area contributed by atoms with Crippen LogP contribution in [0.25, 0.3) is 11.0 Å². The van der Waals surface area contributed by atoms with Gasteiger partial charge in [0.15, 0.2) is 0 Å². The lowest BCUT2D eigenvalue weighted by Gasteiger charge is -2.37. The summed E-state index contributed by atoms with van der Waals surface area (Å²) in [7, 11) is 2.16. The topological polar surface area (TPSA) is 64.5 Å². The summed E-state index contributed by atoms with van der Waals surface area (Å²) < 4.78 is 0. The standard InChI is InChI=1S/C22H27ClN8/c1-16-13-20(27-22(25-16)31-7-5-28(2)6-8-31)29-9-11-30(12-10-29)21-15-24-19-14-17(23)3-4-18(19)26-21/h3-4,13-15H,5-12H2,1-2H3. The van der Waals surface area contributed by atoms with Gasteiger partial charge in [0.25, 0.3) is 0 Å². The molecule has 31 heavy (non-hydrogen) atoms. The molecule has 0 bridgehead atoms. The number of anilines is 3. The Kier molecular flexibility index (Phi) is 5.50. The molecule has 0 N–H and O–H groups in total. The molecule has 3 aromatic rings. The maximum atomic E-state index is 6.06. The summed E-state index contributed by atoms with van der Waals surface area (Å²) in [5.41, 5.74) is 2.70. The van der Waals surface area contributed by atoms with Crippen LogP contribution in [0.3, 0.4) is 0 Å². The van der Waals surface area contributed by atoms with E-state index in [2.05, 4.69) is 44.6 Å². The van der Waals surface area contributed by atoms with Gasteiger partial charge < -0.3 is 19.6 Å². The Labute approximate surface area is 187 Å². The molecule has 5 rings (SSSR count). The molecule has 4 heterocycles. The fourth-order valence-corrected chi connectivity index (χ4v) is 4.30. The molecule has 0 radical (unpaired) electrons. The zero-order valence-electron chi connectivity index (χ0n) is 18.0. The van der Waals surface area contributed by atoms with E-state index in [4.69, 9.17) is 26.6 Å². The molecule has 9 heteroatoms. The number of hydrogen-bond donors (Lipinski definition) is 0. The van der Waals surface area contributed by atoms with Crippen molar-refractivity contribution in [2.45, 2.75) is 6.92 Å². The molecule has 2 aromatic heterocycles. The highest BCUT2D eigenvalue weighted by Gasteiger charge is 2.22. The molecule has 2 saturated heterocycles. The first-order valence-corrected chi connectivity index (χ1v) is 11.1. The molecular weight excluding hydrogens is 412 g/mol. The van der Waals surface area contributed by atoms with Crippen LogP contribution in [0.4, 0.5) is 17.6 Å². The highest BCUT2D eigenvalue weighted by atomic mass is 35.5. The number of likely N-dealkylation sites (N-methyl/N-ethyl adjacent to an activating group) is 1. The molecule has 2 aliphatic heterocycles. The van der Waals surface area contributed by atoms with E-state index in [0.29, 0.717) is 5.02 Å². The van der Waals surface area contributed by atoms with Gasteiger partial charge >= 0.3 is 0 Å². The van der Waals surface area contributed by atoms with Gasteiger partial charge in [-0.25, -0.2) is 9.97 Å². The van der Waals surface area contributed by atoms with Gasteiger partial charge in [0.2, 0.25) is 5.95 Å². The van der Waals surface area contributed by atoms with Crippen LogP contribution in [0.2, 0.25) is 5.02 Å². The van der Waals surface area contributed by atoms with Gasteiger partial charge in [-0.15, -0.1) is 0 Å². The number of piperazine rings is 2. The Balaban J connectivity index is 1.29. The van der Waals surface area contributed by atoms with Gasteiger partial charge in [-0.1, -0.05) is 11.6 Å². The third-order valence-electron chi connectivity index (χ3n) is 6.03. The molecule has 0 aliphatic carbocycles. The lowest BCUT2D eigenvalue weighted by molar-refractivity contribution is 0.311. The third-order valence-corrected chi connectivity index (χ3v) is 6.27. The fraction of sp³-hybridized carbons (Fsp3) is 0.455. The van der Waals surface area contributed by atoms with E-state index in [1.54, 1.807) is 0 Å². The van der Waals surface area contributed by atoms with Crippen molar-refractivity contribution < 1.29 is 0 Å². The molecule has 2 aliphatic rings. The van der Waals surface area contributed by atoms with Crippen molar-refractivity contribution in [2.75, 3.05) is 74.1 Å². The van der Waals surface area contributed by atoms with E-state index in [1.807, 2.05) is 24.4 Å². The maximum Gasteiger partial charge on any atom is 0.227 e. The van der Waals surface area contributed by atoms with Crippen molar-refractivity contribution in [3.05, 3.63) is 41.2 Å². The number of benzene rings is 1. The van der Waals surface area contributed by atoms with Gasteiger partial charge in [0.05, 0.1) is 17.2 Å². The van der Waals surface area contributed by atoms with Gasteiger partial charge in [0, 0.05) is 69.1 Å². The van der Waals surface area contributed by atoms with E-state index < -0.39 is 0 Å². The zero-order valence-corrected chi connectivity index (χ0v) is 18.8. The molecule has 162 valence electrons. The summed E-state index contributed by atoms with van der Waals surface area (Å²) in [4.78, 5) is 28.2. The Morgan fingerprint density at radius 2 is 1.42 bits per heavy atom. The van der Waals surface area contributed by atoms with Crippen LogP contribution in [0.15, 0.2) is 30.5 Å². The summed E-state index contributed by atoms with van der Waals surface area (Å²) in [6, 6.07) is 7.72. The summed E-state index contributed by atoms with van der Waals surface area (Å²) in [5, 5.41) is 0.680. The first-order valence-electron chi connectivity index (χ1n) is 10.8. The average molecular weight is 439 g/mol. The minimum atomic E-state index is 0.680. The van der Waals surface area contributed by atoms with Crippen molar-refractivity contribution in [1.82, 2.24) is 24.8 Å². The van der Waals surface area contributed by atoms with Crippen LogP contribution in [0.1, 0.15) is 5.69 Å². The van der Waals surface area contributed by atoms with Gasteiger partial charge in [-0.2, -0.15) is 4.98 Å². The molecular formula is C22H27ClN8. The zero-order chi connectivity index (χ0) is 21.4. The number of hydrogen-bond acceptors (Lipinski definition) is 8. The van der Waals surface area contributed by atoms with Crippen LogP contribution in [0.5, 0.6) is 0 Å². The largest absolute Gasteiger partial charge is 0.353 e. The minimum absolute atomic E-state index is 0.680. The highest BCUT2D eigenvalue weighted by Crippen LogP contribution is 2.23. The van der Waals surface area contributed by atoms with E-state index in [1.165, 1.54) is 0 Å². The van der Waals surface area contributed by atoms with E-state index in [0.717, 1.165) is 86.7 Å². The van der Waals surface area contributed by atoms with E-state index >= 15 is 0 Å². The first kappa shape index (κ1) is 20.2. The molecule has 0 unspecified atom stereocenters. The van der Waals surface area contributed by atoms with Crippen molar-refractivity contribution in [3.8, 4) is 0 Å². The molecule has 0 saturated carbocycles. The Morgan fingerprint density at radius 1 is 0.742 bits per heavy atom.